The summed E-state index contributed by atoms with van der Waals surface area (Å²) in [4.78, 5) is 16.7. The number of anilines is 2. The lowest BCUT2D eigenvalue weighted by Crippen LogP contribution is -2.15. The van der Waals surface area contributed by atoms with Crippen LogP contribution in [0.3, 0.4) is 0 Å². The molecule has 0 radical (unpaired) electrons. The molecule has 9 nitrogen and oxygen atoms in total. The molecule has 1 aliphatic carbocycles. The van der Waals surface area contributed by atoms with Crippen LogP contribution in [0.4, 0.5) is 10.8 Å². The lowest BCUT2D eigenvalue weighted by Gasteiger charge is -2.17. The van der Waals surface area contributed by atoms with Crippen molar-refractivity contribution in [2.45, 2.75) is 43.6 Å². The van der Waals surface area contributed by atoms with Gasteiger partial charge in [0.1, 0.15) is 11.6 Å². The minimum absolute atomic E-state index is 0.0140. The van der Waals surface area contributed by atoms with Gasteiger partial charge in [0.15, 0.2) is 16.6 Å². The summed E-state index contributed by atoms with van der Waals surface area (Å²) < 4.78 is 39.2. The van der Waals surface area contributed by atoms with Crippen LogP contribution in [0.1, 0.15) is 38.2 Å². The fourth-order valence-electron chi connectivity index (χ4n) is 3.84. The van der Waals surface area contributed by atoms with Gasteiger partial charge in [-0.1, -0.05) is 6.07 Å². The number of thiazole rings is 1. The molecular formula is C26H26N4O5S2. The van der Waals surface area contributed by atoms with Crippen molar-refractivity contribution < 1.29 is 22.7 Å². The molecule has 0 bridgehead atoms. The van der Waals surface area contributed by atoms with Crippen LogP contribution in [0.15, 0.2) is 64.5 Å². The van der Waals surface area contributed by atoms with Gasteiger partial charge in [-0.25, -0.2) is 13.4 Å². The first-order valence-electron chi connectivity index (χ1n) is 11.8. The van der Waals surface area contributed by atoms with E-state index in [1.54, 1.807) is 23.6 Å². The number of ether oxygens (including phenoxy) is 2. The second kappa shape index (κ2) is 11.9. The summed E-state index contributed by atoms with van der Waals surface area (Å²) in [5, 5.41) is 14.1. The van der Waals surface area contributed by atoms with E-state index >= 15 is 0 Å². The maximum Gasteiger partial charge on any atom is 0.266 e. The summed E-state index contributed by atoms with van der Waals surface area (Å²) in [5.74, 6) is 0.584. The van der Waals surface area contributed by atoms with Crippen molar-refractivity contribution in [2.75, 3.05) is 16.6 Å². The van der Waals surface area contributed by atoms with Crippen LogP contribution >= 0.6 is 11.3 Å². The van der Waals surface area contributed by atoms with Gasteiger partial charge in [-0.05, 0) is 80.6 Å². The number of hydrogen-bond acceptors (Lipinski definition) is 8. The fourth-order valence-corrected chi connectivity index (χ4v) is 5.63. The lowest BCUT2D eigenvalue weighted by atomic mass is 10.1. The Hall–Kier alpha value is -3.88. The minimum Gasteiger partial charge on any atom is -0.490 e. The highest BCUT2D eigenvalue weighted by atomic mass is 32.2. The van der Waals surface area contributed by atoms with Crippen molar-refractivity contribution in [1.82, 2.24) is 4.98 Å². The van der Waals surface area contributed by atoms with Crippen LogP contribution in [-0.4, -0.2) is 32.0 Å². The van der Waals surface area contributed by atoms with Crippen LogP contribution in [0.5, 0.6) is 11.5 Å². The standard InChI is InChI=1S/C26H26N4O5S2/c1-2-34-24-16-18(7-12-23(24)35-21-5-3-4-6-21)15-19(17-27)25(31)29-20-8-10-22(11-9-20)37(32,33)30-26-28-13-14-36-26/h7-16,21H,2-6H2,1H3,(H,28,30)(H,29,31). The van der Waals surface area contributed by atoms with Gasteiger partial charge >= 0.3 is 0 Å². The Balaban J connectivity index is 1.46. The average molecular weight is 539 g/mol. The van der Waals surface area contributed by atoms with E-state index in [4.69, 9.17) is 9.47 Å². The van der Waals surface area contributed by atoms with Crippen LogP contribution in [0.2, 0.25) is 0 Å². The number of hydrogen-bond donors (Lipinski definition) is 2. The first-order valence-corrected chi connectivity index (χ1v) is 14.1. The van der Waals surface area contributed by atoms with E-state index in [0.717, 1.165) is 37.0 Å². The summed E-state index contributed by atoms with van der Waals surface area (Å²) in [7, 11) is -3.81. The summed E-state index contributed by atoms with van der Waals surface area (Å²) in [6.07, 6.45) is 7.47. The summed E-state index contributed by atoms with van der Waals surface area (Å²) in [6.45, 7) is 2.33. The van der Waals surface area contributed by atoms with E-state index in [1.165, 1.54) is 36.5 Å². The number of carbonyl (C=O) groups excluding carboxylic acids is 1. The van der Waals surface area contributed by atoms with Gasteiger partial charge in [0.2, 0.25) is 0 Å². The molecule has 1 saturated carbocycles. The Bertz CT molecular complexity index is 1410. The molecule has 4 rings (SSSR count). The van der Waals surface area contributed by atoms with Gasteiger partial charge in [-0.15, -0.1) is 11.3 Å². The molecule has 11 heteroatoms. The molecule has 0 unspecified atom stereocenters. The van der Waals surface area contributed by atoms with E-state index in [0.29, 0.717) is 29.4 Å². The predicted octanol–water partition coefficient (Wildman–Crippen LogP) is 5.21. The number of nitrogens with zero attached hydrogens (tertiary/aromatic N) is 2. The van der Waals surface area contributed by atoms with Crippen LogP contribution in [-0.2, 0) is 14.8 Å². The number of sulfonamides is 1. The Morgan fingerprint density at radius 2 is 1.95 bits per heavy atom. The van der Waals surface area contributed by atoms with Gasteiger partial charge in [0.25, 0.3) is 15.9 Å². The number of nitriles is 1. The molecule has 1 aliphatic rings. The largest absolute Gasteiger partial charge is 0.490 e. The highest BCUT2D eigenvalue weighted by molar-refractivity contribution is 7.93. The minimum atomic E-state index is -3.81. The van der Waals surface area contributed by atoms with Crippen molar-refractivity contribution in [3.63, 3.8) is 0 Å². The normalized spacial score (nSPS) is 14.1. The van der Waals surface area contributed by atoms with Crippen molar-refractivity contribution in [3.8, 4) is 17.6 Å². The molecule has 1 heterocycles. The zero-order valence-electron chi connectivity index (χ0n) is 20.1. The van der Waals surface area contributed by atoms with Gasteiger partial charge < -0.3 is 14.8 Å². The van der Waals surface area contributed by atoms with E-state index in [2.05, 4.69) is 15.0 Å². The van der Waals surface area contributed by atoms with Crippen LogP contribution in [0.25, 0.3) is 6.08 Å². The molecule has 0 aliphatic heterocycles. The summed E-state index contributed by atoms with van der Waals surface area (Å²) >= 11 is 1.16. The van der Waals surface area contributed by atoms with Gasteiger partial charge in [-0.3, -0.25) is 9.52 Å². The maximum atomic E-state index is 12.8. The van der Waals surface area contributed by atoms with Crippen molar-refractivity contribution >= 4 is 44.2 Å². The molecule has 2 aromatic carbocycles. The predicted molar refractivity (Wildman–Crippen MR) is 142 cm³/mol. The zero-order valence-corrected chi connectivity index (χ0v) is 21.8. The van der Waals surface area contributed by atoms with E-state index < -0.39 is 15.9 Å². The number of aromatic nitrogens is 1. The monoisotopic (exact) mass is 538 g/mol. The molecule has 0 spiro atoms. The SMILES string of the molecule is CCOc1cc(C=C(C#N)C(=O)Nc2ccc(S(=O)(=O)Nc3nccs3)cc2)ccc1OC1CCCC1. The van der Waals surface area contributed by atoms with Gasteiger partial charge in [0.05, 0.1) is 17.6 Å². The Morgan fingerprint density at radius 3 is 2.59 bits per heavy atom. The first kappa shape index (κ1) is 26.2. The molecule has 0 saturated heterocycles. The Morgan fingerprint density at radius 1 is 1.19 bits per heavy atom. The lowest BCUT2D eigenvalue weighted by molar-refractivity contribution is -0.112. The molecule has 0 atom stereocenters. The molecule has 192 valence electrons. The Kier molecular flexibility index (Phi) is 8.43. The number of nitrogens with one attached hydrogen (secondary N) is 2. The third-order valence-electron chi connectivity index (χ3n) is 5.62. The summed E-state index contributed by atoms with van der Waals surface area (Å²) in [6, 6.07) is 12.8. The summed E-state index contributed by atoms with van der Waals surface area (Å²) in [5.41, 5.74) is 0.840. The number of rotatable bonds is 10. The van der Waals surface area contributed by atoms with Gasteiger partial charge in [-0.2, -0.15) is 5.26 Å². The molecule has 2 N–H and O–H groups in total. The molecule has 37 heavy (non-hydrogen) atoms. The molecule has 1 fully saturated rings. The maximum absolute atomic E-state index is 12.8. The Labute approximate surface area is 219 Å². The number of benzene rings is 2. The molecule has 3 aromatic rings. The van der Waals surface area contributed by atoms with Crippen molar-refractivity contribution in [2.24, 2.45) is 0 Å². The first-order chi connectivity index (χ1) is 17.9. The molecular weight excluding hydrogens is 512 g/mol. The number of carbonyl (C=O) groups is 1. The molecule has 1 aromatic heterocycles. The second-order valence-corrected chi connectivity index (χ2v) is 10.8. The smallest absolute Gasteiger partial charge is 0.266 e. The molecule has 1 amide bonds. The fraction of sp³-hybridized carbons (Fsp3) is 0.269. The van der Waals surface area contributed by atoms with Crippen molar-refractivity contribution in [3.05, 3.63) is 65.2 Å². The van der Waals surface area contributed by atoms with Crippen LogP contribution < -0.4 is 19.5 Å². The quantitative estimate of drug-likeness (QED) is 0.268. The number of amides is 1. The average Bonchev–Trinajstić information content (AvgIpc) is 3.59. The topological polar surface area (TPSA) is 130 Å². The van der Waals surface area contributed by atoms with Crippen LogP contribution in [0, 0.1) is 11.3 Å². The van der Waals surface area contributed by atoms with E-state index in [9.17, 15) is 18.5 Å². The third-order valence-corrected chi connectivity index (χ3v) is 7.79. The second-order valence-electron chi connectivity index (χ2n) is 8.25. The van der Waals surface area contributed by atoms with E-state index in [1.807, 2.05) is 13.0 Å². The van der Waals surface area contributed by atoms with Crippen molar-refractivity contribution in [1.29, 1.82) is 5.26 Å². The van der Waals surface area contributed by atoms with E-state index in [-0.39, 0.29) is 21.7 Å². The highest BCUT2D eigenvalue weighted by Crippen LogP contribution is 2.33. The highest BCUT2D eigenvalue weighted by Gasteiger charge is 2.19. The third kappa shape index (κ3) is 6.87. The van der Waals surface area contributed by atoms with Gasteiger partial charge in [0, 0.05) is 17.3 Å². The zero-order chi connectivity index (χ0) is 26.3.